The van der Waals surface area contributed by atoms with Gasteiger partial charge in [0.1, 0.15) is 6.29 Å². The van der Waals surface area contributed by atoms with Gasteiger partial charge in [-0.3, -0.25) is 4.79 Å². The predicted molar refractivity (Wildman–Crippen MR) is 53.6 cm³/mol. The van der Waals surface area contributed by atoms with E-state index in [0.29, 0.717) is 18.0 Å². The molecule has 13 heavy (non-hydrogen) atoms. The summed E-state index contributed by atoms with van der Waals surface area (Å²) in [5, 5.41) is 0. The van der Waals surface area contributed by atoms with Crippen LogP contribution in [0.15, 0.2) is 24.3 Å². The van der Waals surface area contributed by atoms with Crippen molar-refractivity contribution in [3.8, 4) is 0 Å². The van der Waals surface area contributed by atoms with Crippen molar-refractivity contribution in [3.05, 3.63) is 42.3 Å². The van der Waals surface area contributed by atoms with E-state index in [4.69, 9.17) is 5.73 Å². The second kappa shape index (κ2) is 4.77. The van der Waals surface area contributed by atoms with Gasteiger partial charge in [-0.15, -0.1) is 0 Å². The van der Waals surface area contributed by atoms with Crippen molar-refractivity contribution < 1.29 is 4.79 Å². The van der Waals surface area contributed by atoms with Crippen molar-refractivity contribution in [2.45, 2.75) is 12.3 Å². The van der Waals surface area contributed by atoms with Crippen molar-refractivity contribution in [2.75, 3.05) is 6.54 Å². The number of carbonyl (C=O) groups is 1. The zero-order valence-electron chi connectivity index (χ0n) is 7.57. The molecule has 0 saturated heterocycles. The lowest BCUT2D eigenvalue weighted by Crippen LogP contribution is -2.11. The summed E-state index contributed by atoms with van der Waals surface area (Å²) in [5.74, 6) is 0.306. The Bertz CT molecular complexity index is 262. The summed E-state index contributed by atoms with van der Waals surface area (Å²) in [5.41, 5.74) is 7.43. The zero-order valence-corrected chi connectivity index (χ0v) is 7.57. The quantitative estimate of drug-likeness (QED) is 0.710. The second-order valence-corrected chi connectivity index (χ2v) is 3.01. The molecule has 0 spiro atoms. The minimum atomic E-state index is 0.306. The van der Waals surface area contributed by atoms with Crippen molar-refractivity contribution in [2.24, 2.45) is 5.73 Å². The molecule has 0 fully saturated rings. The van der Waals surface area contributed by atoms with E-state index in [1.165, 1.54) is 0 Å². The standard InChI is InChI=1S/C11H14NO/c1-2-10(7-12)11-5-3-9(8-13)4-6-11/h3-6,8,10H,1-2,7,12H2. The minimum absolute atomic E-state index is 0.306. The van der Waals surface area contributed by atoms with Crippen molar-refractivity contribution in [3.63, 3.8) is 0 Å². The number of nitrogens with two attached hydrogens (primary N) is 1. The summed E-state index contributed by atoms with van der Waals surface area (Å²) in [7, 11) is 0. The van der Waals surface area contributed by atoms with E-state index in [1.807, 2.05) is 12.1 Å². The van der Waals surface area contributed by atoms with Crippen LogP contribution in [0.25, 0.3) is 0 Å². The molecule has 0 heterocycles. The highest BCUT2D eigenvalue weighted by atomic mass is 16.1. The third kappa shape index (κ3) is 2.39. The number of hydrogen-bond acceptors (Lipinski definition) is 2. The SMILES string of the molecule is [CH2]CC(CN)c1ccc(C=O)cc1. The van der Waals surface area contributed by atoms with Gasteiger partial charge in [-0.2, -0.15) is 0 Å². The molecule has 0 aliphatic rings. The van der Waals surface area contributed by atoms with E-state index in [2.05, 4.69) is 6.92 Å². The lowest BCUT2D eigenvalue weighted by atomic mass is 9.96. The average Bonchev–Trinajstić information content (AvgIpc) is 2.21. The van der Waals surface area contributed by atoms with E-state index in [0.717, 1.165) is 18.3 Å². The molecule has 0 amide bonds. The van der Waals surface area contributed by atoms with Gasteiger partial charge in [0.05, 0.1) is 0 Å². The summed E-state index contributed by atoms with van der Waals surface area (Å²) in [4.78, 5) is 10.4. The topological polar surface area (TPSA) is 43.1 Å². The largest absolute Gasteiger partial charge is 0.330 e. The molecule has 69 valence electrons. The Morgan fingerprint density at radius 1 is 1.38 bits per heavy atom. The van der Waals surface area contributed by atoms with Crippen LogP contribution in [0.5, 0.6) is 0 Å². The first-order valence-electron chi connectivity index (χ1n) is 4.36. The number of rotatable bonds is 4. The van der Waals surface area contributed by atoms with Crippen LogP contribution in [0.3, 0.4) is 0 Å². The van der Waals surface area contributed by atoms with Crippen LogP contribution in [0.4, 0.5) is 0 Å². The van der Waals surface area contributed by atoms with E-state index in [9.17, 15) is 4.79 Å². The monoisotopic (exact) mass is 176 g/mol. The number of aldehydes is 1. The molecule has 1 aromatic carbocycles. The third-order valence-corrected chi connectivity index (χ3v) is 2.18. The molecule has 1 aromatic rings. The highest BCUT2D eigenvalue weighted by Gasteiger charge is 2.05. The number of benzene rings is 1. The van der Waals surface area contributed by atoms with Crippen LogP contribution in [0, 0.1) is 6.92 Å². The van der Waals surface area contributed by atoms with Crippen LogP contribution in [0.1, 0.15) is 28.3 Å². The van der Waals surface area contributed by atoms with Gasteiger partial charge in [0, 0.05) is 5.56 Å². The molecule has 2 nitrogen and oxygen atoms in total. The third-order valence-electron chi connectivity index (χ3n) is 2.18. The van der Waals surface area contributed by atoms with E-state index >= 15 is 0 Å². The maximum absolute atomic E-state index is 10.4. The fourth-order valence-electron chi connectivity index (χ4n) is 1.27. The highest BCUT2D eigenvalue weighted by Crippen LogP contribution is 2.17. The first kappa shape index (κ1) is 9.93. The first-order valence-corrected chi connectivity index (χ1v) is 4.36. The Balaban J connectivity index is 2.83. The van der Waals surface area contributed by atoms with Gasteiger partial charge in [-0.05, 0) is 24.4 Å². The fourth-order valence-corrected chi connectivity index (χ4v) is 1.27. The Labute approximate surface area is 78.8 Å². The Hall–Kier alpha value is -1.15. The molecule has 1 radical (unpaired) electrons. The number of hydrogen-bond donors (Lipinski definition) is 1. The predicted octanol–water partition coefficient (Wildman–Crippen LogP) is 1.77. The number of carbonyl (C=O) groups excluding carboxylic acids is 1. The van der Waals surface area contributed by atoms with Crippen LogP contribution in [-0.4, -0.2) is 12.8 Å². The van der Waals surface area contributed by atoms with Gasteiger partial charge < -0.3 is 5.73 Å². The minimum Gasteiger partial charge on any atom is -0.330 e. The lowest BCUT2D eigenvalue weighted by Gasteiger charge is -2.11. The molecule has 1 atom stereocenters. The molecule has 0 aliphatic carbocycles. The van der Waals surface area contributed by atoms with Gasteiger partial charge in [-0.25, -0.2) is 0 Å². The molecule has 2 heteroatoms. The highest BCUT2D eigenvalue weighted by molar-refractivity contribution is 5.74. The van der Waals surface area contributed by atoms with Crippen LogP contribution < -0.4 is 5.73 Å². The maximum atomic E-state index is 10.4. The molecule has 1 rings (SSSR count). The summed E-state index contributed by atoms with van der Waals surface area (Å²) in [6.45, 7) is 4.43. The molecule has 0 aromatic heterocycles. The second-order valence-electron chi connectivity index (χ2n) is 3.01. The first-order chi connectivity index (χ1) is 6.31. The molecule has 0 aliphatic heterocycles. The van der Waals surface area contributed by atoms with Gasteiger partial charge in [0.25, 0.3) is 0 Å². The van der Waals surface area contributed by atoms with E-state index in [-0.39, 0.29) is 0 Å². The molecule has 1 unspecified atom stereocenters. The normalized spacial score (nSPS) is 12.5. The molecular formula is C11H14NO. The summed E-state index contributed by atoms with van der Waals surface area (Å²) < 4.78 is 0. The molecule has 2 N–H and O–H groups in total. The molecule has 0 bridgehead atoms. The maximum Gasteiger partial charge on any atom is 0.150 e. The average molecular weight is 176 g/mol. The Morgan fingerprint density at radius 3 is 2.38 bits per heavy atom. The van der Waals surface area contributed by atoms with Gasteiger partial charge in [0.15, 0.2) is 0 Å². The fraction of sp³-hybridized carbons (Fsp3) is 0.273. The van der Waals surface area contributed by atoms with Crippen molar-refractivity contribution in [1.29, 1.82) is 0 Å². The van der Waals surface area contributed by atoms with E-state index in [1.54, 1.807) is 12.1 Å². The van der Waals surface area contributed by atoms with Crippen molar-refractivity contribution in [1.82, 2.24) is 0 Å². The summed E-state index contributed by atoms with van der Waals surface area (Å²) >= 11 is 0. The van der Waals surface area contributed by atoms with Gasteiger partial charge in [0.2, 0.25) is 0 Å². The summed E-state index contributed by atoms with van der Waals surface area (Å²) in [6, 6.07) is 7.49. The molecular weight excluding hydrogens is 162 g/mol. The van der Waals surface area contributed by atoms with Crippen molar-refractivity contribution >= 4 is 6.29 Å². The van der Waals surface area contributed by atoms with E-state index < -0.39 is 0 Å². The lowest BCUT2D eigenvalue weighted by molar-refractivity contribution is 0.112. The van der Waals surface area contributed by atoms with Crippen LogP contribution >= 0.6 is 0 Å². The van der Waals surface area contributed by atoms with Gasteiger partial charge in [-0.1, -0.05) is 31.2 Å². The molecule has 0 saturated carbocycles. The summed E-state index contributed by atoms with van der Waals surface area (Å²) in [6.07, 6.45) is 1.63. The Kier molecular flexibility index (Phi) is 3.65. The smallest absolute Gasteiger partial charge is 0.150 e. The Morgan fingerprint density at radius 2 is 2.00 bits per heavy atom. The van der Waals surface area contributed by atoms with Crippen LogP contribution in [-0.2, 0) is 0 Å². The zero-order chi connectivity index (χ0) is 9.68. The van der Waals surface area contributed by atoms with Gasteiger partial charge >= 0.3 is 0 Å². The van der Waals surface area contributed by atoms with Crippen LogP contribution in [0.2, 0.25) is 0 Å².